The van der Waals surface area contributed by atoms with Gasteiger partial charge >= 0.3 is 5.69 Å². The Hall–Kier alpha value is -1.36. The number of azide groups is 1. The van der Waals surface area contributed by atoms with Gasteiger partial charge in [0.05, 0.1) is 22.3 Å². The Balaban J connectivity index is 2.34. The highest BCUT2D eigenvalue weighted by molar-refractivity contribution is 14.1. The zero-order valence-corrected chi connectivity index (χ0v) is 11.7. The van der Waals surface area contributed by atoms with Gasteiger partial charge < -0.3 is 9.84 Å². The summed E-state index contributed by atoms with van der Waals surface area (Å²) in [4.78, 5) is 27.8. The highest BCUT2D eigenvalue weighted by atomic mass is 127. The first-order valence-electron chi connectivity index (χ1n) is 5.38. The number of H-pyrrole nitrogens is 1. The molecule has 1 aromatic rings. The molecule has 19 heavy (non-hydrogen) atoms. The number of hydrogen-bond acceptors (Lipinski definition) is 5. The number of nitrogens with one attached hydrogen (secondary N) is 1. The Kier molecular flexibility index (Phi) is 4.24. The van der Waals surface area contributed by atoms with Gasteiger partial charge in [0, 0.05) is 17.5 Å². The largest absolute Gasteiger partial charge is 0.394 e. The Labute approximate surface area is 120 Å². The van der Waals surface area contributed by atoms with E-state index in [1.54, 1.807) is 22.6 Å². The van der Waals surface area contributed by atoms with E-state index in [0.717, 1.165) is 0 Å². The maximum Gasteiger partial charge on any atom is 0.330 e. The van der Waals surface area contributed by atoms with Gasteiger partial charge in [0.1, 0.15) is 6.23 Å². The molecule has 10 heteroatoms. The van der Waals surface area contributed by atoms with E-state index in [-0.39, 0.29) is 13.0 Å². The Morgan fingerprint density at radius 1 is 1.68 bits per heavy atom. The van der Waals surface area contributed by atoms with Crippen molar-refractivity contribution in [3.05, 3.63) is 41.0 Å². The van der Waals surface area contributed by atoms with Crippen LogP contribution in [0.2, 0.25) is 0 Å². The Morgan fingerprint density at radius 3 is 3.05 bits per heavy atom. The maximum atomic E-state index is 11.7. The van der Waals surface area contributed by atoms with Crippen LogP contribution in [0.25, 0.3) is 10.4 Å². The number of aromatic nitrogens is 2. The molecule has 9 nitrogen and oxygen atoms in total. The predicted molar refractivity (Wildman–Crippen MR) is 72.6 cm³/mol. The lowest BCUT2D eigenvalue weighted by molar-refractivity contribution is -0.0271. The van der Waals surface area contributed by atoms with Crippen molar-refractivity contribution in [3.63, 3.8) is 0 Å². The van der Waals surface area contributed by atoms with E-state index in [0.29, 0.717) is 3.57 Å². The van der Waals surface area contributed by atoms with E-state index in [2.05, 4.69) is 15.0 Å². The van der Waals surface area contributed by atoms with Crippen molar-refractivity contribution in [1.29, 1.82) is 0 Å². The SMILES string of the molecule is [N-]=[N+]=NC1C[C@H](n2cc(I)c(=O)[nH]c2=O)O[C@@H]1CO. The molecule has 1 unspecified atom stereocenters. The summed E-state index contributed by atoms with van der Waals surface area (Å²) >= 11 is 1.80. The molecule has 1 aromatic heterocycles. The Morgan fingerprint density at radius 2 is 2.42 bits per heavy atom. The summed E-state index contributed by atoms with van der Waals surface area (Å²) < 4.78 is 7.02. The molecule has 1 aliphatic heterocycles. The summed E-state index contributed by atoms with van der Waals surface area (Å²) in [6.45, 7) is -0.310. The molecule has 2 rings (SSSR count). The molecular formula is C9H10IN5O4. The average Bonchev–Trinajstić information content (AvgIpc) is 2.77. The lowest BCUT2D eigenvalue weighted by Crippen LogP contribution is -2.33. The van der Waals surface area contributed by atoms with Gasteiger partial charge in [0.25, 0.3) is 5.56 Å². The fraction of sp³-hybridized carbons (Fsp3) is 0.556. The molecule has 0 spiro atoms. The monoisotopic (exact) mass is 379 g/mol. The van der Waals surface area contributed by atoms with Crippen molar-refractivity contribution < 1.29 is 9.84 Å². The topological polar surface area (TPSA) is 133 Å². The number of aliphatic hydroxyl groups is 1. The molecule has 1 fully saturated rings. The third-order valence-corrected chi connectivity index (χ3v) is 3.59. The number of aromatic amines is 1. The molecule has 0 aliphatic carbocycles. The van der Waals surface area contributed by atoms with E-state index >= 15 is 0 Å². The van der Waals surface area contributed by atoms with Gasteiger partial charge in [0.2, 0.25) is 0 Å². The highest BCUT2D eigenvalue weighted by Gasteiger charge is 2.35. The summed E-state index contributed by atoms with van der Waals surface area (Å²) in [7, 11) is 0. The minimum atomic E-state index is -0.675. The molecular weight excluding hydrogens is 369 g/mol. The van der Waals surface area contributed by atoms with Crippen molar-refractivity contribution in [3.8, 4) is 0 Å². The fourth-order valence-electron chi connectivity index (χ4n) is 1.91. The van der Waals surface area contributed by atoms with E-state index in [1.165, 1.54) is 10.8 Å². The number of aliphatic hydroxyl groups excluding tert-OH is 1. The molecule has 0 aromatic carbocycles. The van der Waals surface area contributed by atoms with Gasteiger partial charge in [0.15, 0.2) is 0 Å². The second-order valence-electron chi connectivity index (χ2n) is 3.96. The van der Waals surface area contributed by atoms with Crippen LogP contribution in [0.4, 0.5) is 0 Å². The van der Waals surface area contributed by atoms with Crippen LogP contribution in [-0.2, 0) is 4.74 Å². The van der Waals surface area contributed by atoms with Gasteiger partial charge in [-0.15, -0.1) is 0 Å². The third kappa shape index (κ3) is 2.81. The van der Waals surface area contributed by atoms with Crippen LogP contribution >= 0.6 is 22.6 Å². The molecule has 3 atom stereocenters. The minimum Gasteiger partial charge on any atom is -0.394 e. The van der Waals surface area contributed by atoms with Gasteiger partial charge in [-0.25, -0.2) is 4.79 Å². The van der Waals surface area contributed by atoms with Crippen molar-refractivity contribution in [2.75, 3.05) is 6.61 Å². The second kappa shape index (κ2) is 5.74. The first-order valence-corrected chi connectivity index (χ1v) is 6.46. The lowest BCUT2D eigenvalue weighted by atomic mass is 10.1. The fourth-order valence-corrected chi connectivity index (χ4v) is 2.35. The van der Waals surface area contributed by atoms with Crippen LogP contribution < -0.4 is 11.2 Å². The summed E-state index contributed by atoms with van der Waals surface area (Å²) in [5.74, 6) is 0. The second-order valence-corrected chi connectivity index (χ2v) is 5.13. The van der Waals surface area contributed by atoms with Crippen molar-refractivity contribution in [2.45, 2.75) is 24.8 Å². The van der Waals surface area contributed by atoms with Crippen LogP contribution in [0.5, 0.6) is 0 Å². The third-order valence-electron chi connectivity index (χ3n) is 2.82. The average molecular weight is 379 g/mol. The predicted octanol–water partition coefficient (Wildman–Crippen LogP) is 0.0999. The summed E-state index contributed by atoms with van der Waals surface area (Å²) in [5.41, 5.74) is 7.37. The molecule has 1 saturated heterocycles. The van der Waals surface area contributed by atoms with E-state index in [4.69, 9.17) is 15.4 Å². The first kappa shape index (κ1) is 14.1. The van der Waals surface area contributed by atoms with E-state index < -0.39 is 29.6 Å². The van der Waals surface area contributed by atoms with Crippen LogP contribution in [-0.4, -0.2) is 33.4 Å². The Bertz CT molecular complexity index is 634. The van der Waals surface area contributed by atoms with E-state index in [9.17, 15) is 9.59 Å². The number of halogens is 1. The molecule has 0 bridgehead atoms. The maximum absolute atomic E-state index is 11.7. The van der Waals surface area contributed by atoms with E-state index in [1.807, 2.05) is 0 Å². The number of nitrogens with zero attached hydrogens (tertiary/aromatic N) is 4. The van der Waals surface area contributed by atoms with Crippen LogP contribution in [0.3, 0.4) is 0 Å². The molecule has 1 aliphatic rings. The zero-order chi connectivity index (χ0) is 14.0. The van der Waals surface area contributed by atoms with Crippen LogP contribution in [0.15, 0.2) is 20.9 Å². The number of rotatable bonds is 3. The molecule has 0 radical (unpaired) electrons. The summed E-state index contributed by atoms with van der Waals surface area (Å²) in [5, 5.41) is 12.7. The quantitative estimate of drug-likeness (QED) is 0.334. The molecule has 0 amide bonds. The zero-order valence-electron chi connectivity index (χ0n) is 9.56. The van der Waals surface area contributed by atoms with Gasteiger partial charge in [-0.05, 0) is 28.1 Å². The molecule has 2 heterocycles. The van der Waals surface area contributed by atoms with Crippen molar-refractivity contribution in [2.24, 2.45) is 5.11 Å². The summed E-state index contributed by atoms with van der Waals surface area (Å²) in [6, 6.07) is -0.545. The van der Waals surface area contributed by atoms with Crippen LogP contribution in [0.1, 0.15) is 12.6 Å². The van der Waals surface area contributed by atoms with Gasteiger partial charge in [-0.2, -0.15) is 0 Å². The molecule has 0 saturated carbocycles. The van der Waals surface area contributed by atoms with Gasteiger partial charge in [-0.1, -0.05) is 5.11 Å². The summed E-state index contributed by atoms with van der Waals surface area (Å²) in [6.07, 6.45) is 0.305. The number of ether oxygens (including phenoxy) is 1. The smallest absolute Gasteiger partial charge is 0.330 e. The number of hydrogen-bond donors (Lipinski definition) is 2. The lowest BCUT2D eigenvalue weighted by Gasteiger charge is -2.14. The normalized spacial score (nSPS) is 26.1. The van der Waals surface area contributed by atoms with Crippen molar-refractivity contribution >= 4 is 22.6 Å². The van der Waals surface area contributed by atoms with Crippen molar-refractivity contribution in [1.82, 2.24) is 9.55 Å². The van der Waals surface area contributed by atoms with Crippen LogP contribution in [0, 0.1) is 3.57 Å². The highest BCUT2D eigenvalue weighted by Crippen LogP contribution is 2.29. The molecule has 102 valence electrons. The first-order chi connectivity index (χ1) is 9.06. The molecule has 2 N–H and O–H groups in total. The minimum absolute atomic E-state index is 0.261. The van der Waals surface area contributed by atoms with Gasteiger partial charge in [-0.3, -0.25) is 14.3 Å². The standard InChI is InChI=1S/C9H10IN5O4/c10-4-2-15(9(18)12-8(4)17)7-1-5(13-14-11)6(3-16)19-7/h2,5-7,16H,1,3H2,(H,12,17,18)/t5?,6-,7-/m1/s1.